The third-order valence-electron chi connectivity index (χ3n) is 2.24. The number of esters is 1. The van der Waals surface area contributed by atoms with Gasteiger partial charge in [0.05, 0.1) is 12.7 Å². The molecular weight excluding hydrogens is 196 g/mol. The predicted molar refractivity (Wildman–Crippen MR) is 52.5 cm³/mol. The van der Waals surface area contributed by atoms with Gasteiger partial charge in [-0.2, -0.15) is 5.26 Å². The van der Waals surface area contributed by atoms with Gasteiger partial charge in [0.25, 0.3) is 5.56 Å². The molecule has 0 bridgehead atoms. The van der Waals surface area contributed by atoms with Crippen LogP contribution in [0.1, 0.15) is 21.6 Å². The lowest BCUT2D eigenvalue weighted by atomic mass is 10.1. The smallest absolute Gasteiger partial charge is 0.339 e. The minimum Gasteiger partial charge on any atom is -0.465 e. The summed E-state index contributed by atoms with van der Waals surface area (Å²) in [5, 5.41) is 8.70. The van der Waals surface area contributed by atoms with Gasteiger partial charge in [-0.15, -0.1) is 0 Å². The summed E-state index contributed by atoms with van der Waals surface area (Å²) >= 11 is 0. The number of methoxy groups -OCH3 is 1. The normalized spacial score (nSPS) is 9.47. The predicted octanol–water partition coefficient (Wildman–Crippen LogP) is 0.352. The Hall–Kier alpha value is -2.09. The molecule has 1 aromatic heterocycles. The van der Waals surface area contributed by atoms with Crippen LogP contribution >= 0.6 is 0 Å². The number of pyridine rings is 1. The highest BCUT2D eigenvalue weighted by Crippen LogP contribution is 2.07. The van der Waals surface area contributed by atoms with Gasteiger partial charge in [0.1, 0.15) is 11.6 Å². The number of carbonyl (C=O) groups excluding carboxylic acids is 1. The van der Waals surface area contributed by atoms with Crippen LogP contribution in [0.3, 0.4) is 0 Å². The molecule has 0 aliphatic heterocycles. The quantitative estimate of drug-likeness (QED) is 0.621. The molecule has 5 heteroatoms. The maximum atomic E-state index is 11.5. The zero-order valence-electron chi connectivity index (χ0n) is 8.70. The molecule has 1 rings (SSSR count). The Labute approximate surface area is 86.5 Å². The Kier molecular flexibility index (Phi) is 2.90. The highest BCUT2D eigenvalue weighted by Gasteiger charge is 2.15. The fourth-order valence-corrected chi connectivity index (χ4v) is 1.22. The van der Waals surface area contributed by atoms with Crippen molar-refractivity contribution in [3.05, 3.63) is 33.2 Å². The second-order valence-electron chi connectivity index (χ2n) is 3.02. The van der Waals surface area contributed by atoms with E-state index in [2.05, 4.69) is 4.74 Å². The number of hydrogen-bond donors (Lipinski definition) is 0. The van der Waals surface area contributed by atoms with Crippen LogP contribution in [-0.4, -0.2) is 17.6 Å². The van der Waals surface area contributed by atoms with Crippen molar-refractivity contribution in [3.63, 3.8) is 0 Å². The van der Waals surface area contributed by atoms with E-state index in [-0.39, 0.29) is 11.1 Å². The fourth-order valence-electron chi connectivity index (χ4n) is 1.22. The van der Waals surface area contributed by atoms with Crippen molar-refractivity contribution < 1.29 is 9.53 Å². The molecule has 0 amide bonds. The first-order chi connectivity index (χ1) is 7.02. The Balaban J connectivity index is 3.58. The lowest BCUT2D eigenvalue weighted by molar-refractivity contribution is 0.0598. The molecule has 0 spiro atoms. The van der Waals surface area contributed by atoms with E-state index in [9.17, 15) is 9.59 Å². The Morgan fingerprint density at radius 2 is 2.20 bits per heavy atom. The molecule has 78 valence electrons. The summed E-state index contributed by atoms with van der Waals surface area (Å²) in [6.45, 7) is 1.62. The number of rotatable bonds is 1. The number of carbonyl (C=O) groups is 1. The molecule has 1 heterocycles. The molecule has 0 unspecified atom stereocenters. The van der Waals surface area contributed by atoms with Crippen molar-refractivity contribution in [2.24, 2.45) is 7.05 Å². The summed E-state index contributed by atoms with van der Waals surface area (Å²) in [5.41, 5.74) is 0.230. The first kappa shape index (κ1) is 11.0. The lowest BCUT2D eigenvalue weighted by Crippen LogP contribution is -2.24. The summed E-state index contributed by atoms with van der Waals surface area (Å²) in [5.74, 6) is -0.556. The molecule has 5 nitrogen and oxygen atoms in total. The van der Waals surface area contributed by atoms with Gasteiger partial charge < -0.3 is 9.30 Å². The average Bonchev–Trinajstić information content (AvgIpc) is 2.25. The average molecular weight is 206 g/mol. The summed E-state index contributed by atoms with van der Waals surface area (Å²) in [4.78, 5) is 22.8. The highest BCUT2D eigenvalue weighted by atomic mass is 16.5. The molecule has 0 aromatic carbocycles. The molecule has 0 aliphatic carbocycles. The zero-order chi connectivity index (χ0) is 11.6. The molecule has 0 fully saturated rings. The Morgan fingerprint density at radius 3 is 2.67 bits per heavy atom. The maximum Gasteiger partial charge on any atom is 0.339 e. The van der Waals surface area contributed by atoms with Gasteiger partial charge in [0, 0.05) is 12.7 Å². The highest BCUT2D eigenvalue weighted by molar-refractivity contribution is 5.90. The summed E-state index contributed by atoms with van der Waals surface area (Å²) in [6.07, 6.45) is 0. The van der Waals surface area contributed by atoms with E-state index < -0.39 is 11.5 Å². The number of aromatic nitrogens is 1. The van der Waals surface area contributed by atoms with Crippen LogP contribution in [0.4, 0.5) is 0 Å². The summed E-state index contributed by atoms with van der Waals surface area (Å²) in [7, 11) is 2.75. The van der Waals surface area contributed by atoms with Crippen molar-refractivity contribution >= 4 is 5.97 Å². The van der Waals surface area contributed by atoms with Crippen LogP contribution in [0.15, 0.2) is 10.9 Å². The molecule has 0 atom stereocenters. The third kappa shape index (κ3) is 1.74. The standard InChI is InChI=1S/C10H10N2O3/c1-6-8(10(14)15-3)4-7(5-11)9(13)12(6)2/h4H,1-3H3. The van der Waals surface area contributed by atoms with Gasteiger partial charge in [0.15, 0.2) is 0 Å². The molecule has 0 radical (unpaired) electrons. The molecule has 1 aromatic rings. The lowest BCUT2D eigenvalue weighted by Gasteiger charge is -2.08. The minimum atomic E-state index is -0.556. The Bertz CT molecular complexity index is 509. The molecule has 0 saturated heterocycles. The van der Waals surface area contributed by atoms with Gasteiger partial charge in [-0.3, -0.25) is 4.79 Å². The van der Waals surface area contributed by atoms with Crippen molar-refractivity contribution in [1.82, 2.24) is 4.57 Å². The SMILES string of the molecule is COC(=O)c1cc(C#N)c(=O)n(C)c1C. The fraction of sp³-hybridized carbons (Fsp3) is 0.300. The second kappa shape index (κ2) is 3.96. The molecule has 15 heavy (non-hydrogen) atoms. The van der Waals surface area contributed by atoms with Crippen LogP contribution in [0.2, 0.25) is 0 Å². The van der Waals surface area contributed by atoms with Gasteiger partial charge >= 0.3 is 5.97 Å². The number of ether oxygens (including phenoxy) is 1. The molecule has 0 N–H and O–H groups in total. The van der Waals surface area contributed by atoms with Crippen molar-refractivity contribution in [1.29, 1.82) is 5.26 Å². The van der Waals surface area contributed by atoms with Gasteiger partial charge in [-0.25, -0.2) is 4.79 Å². The van der Waals surface area contributed by atoms with Crippen LogP contribution in [-0.2, 0) is 11.8 Å². The second-order valence-corrected chi connectivity index (χ2v) is 3.02. The Morgan fingerprint density at radius 1 is 1.60 bits per heavy atom. The van der Waals surface area contributed by atoms with Gasteiger partial charge in [-0.05, 0) is 13.0 Å². The van der Waals surface area contributed by atoms with Crippen LogP contribution in [0.25, 0.3) is 0 Å². The minimum absolute atomic E-state index is 0.0662. The first-order valence-corrected chi connectivity index (χ1v) is 4.22. The van der Waals surface area contributed by atoms with Crippen LogP contribution < -0.4 is 5.56 Å². The van der Waals surface area contributed by atoms with E-state index in [1.54, 1.807) is 13.0 Å². The van der Waals surface area contributed by atoms with Crippen molar-refractivity contribution in [3.8, 4) is 6.07 Å². The van der Waals surface area contributed by atoms with E-state index in [4.69, 9.17) is 5.26 Å². The van der Waals surface area contributed by atoms with E-state index in [0.29, 0.717) is 5.69 Å². The first-order valence-electron chi connectivity index (χ1n) is 4.22. The monoisotopic (exact) mass is 206 g/mol. The number of hydrogen-bond acceptors (Lipinski definition) is 4. The van der Waals surface area contributed by atoms with Crippen molar-refractivity contribution in [2.75, 3.05) is 7.11 Å². The maximum absolute atomic E-state index is 11.5. The van der Waals surface area contributed by atoms with E-state index in [0.717, 1.165) is 0 Å². The molecule has 0 saturated carbocycles. The largest absolute Gasteiger partial charge is 0.465 e. The zero-order valence-corrected chi connectivity index (χ0v) is 8.70. The van der Waals surface area contributed by atoms with Gasteiger partial charge in [-0.1, -0.05) is 0 Å². The molecular formula is C10H10N2O3. The molecule has 0 aliphatic rings. The summed E-state index contributed by atoms with van der Waals surface area (Å²) in [6, 6.07) is 3.00. The number of nitriles is 1. The topological polar surface area (TPSA) is 72.1 Å². The van der Waals surface area contributed by atoms with E-state index >= 15 is 0 Å². The van der Waals surface area contributed by atoms with Crippen LogP contribution in [0.5, 0.6) is 0 Å². The van der Waals surface area contributed by atoms with Crippen molar-refractivity contribution in [2.45, 2.75) is 6.92 Å². The third-order valence-corrected chi connectivity index (χ3v) is 2.24. The van der Waals surface area contributed by atoms with E-state index in [1.807, 2.05) is 0 Å². The van der Waals surface area contributed by atoms with Crippen LogP contribution in [0, 0.1) is 18.3 Å². The summed E-state index contributed by atoms with van der Waals surface area (Å²) < 4.78 is 5.80. The van der Waals surface area contributed by atoms with E-state index in [1.165, 1.54) is 24.8 Å². The van der Waals surface area contributed by atoms with Gasteiger partial charge in [0.2, 0.25) is 0 Å². The number of nitrogens with zero attached hydrogens (tertiary/aromatic N) is 2.